The number of ether oxygens (including phenoxy) is 2. The molecule has 1 fully saturated rings. The molecule has 8 heteroatoms. The molecular weight excluding hydrogens is 268 g/mol. The van der Waals surface area contributed by atoms with Crippen molar-refractivity contribution in [2.24, 2.45) is 0 Å². The molecule has 1 aliphatic rings. The molecule has 0 aromatic carbocycles. The van der Waals surface area contributed by atoms with E-state index >= 15 is 0 Å². The van der Waals surface area contributed by atoms with Gasteiger partial charge in [0.2, 0.25) is 0 Å². The average Bonchev–Trinajstić information content (AvgIpc) is 2.73. The Labute approximate surface area is 113 Å². The molecule has 4 atom stereocenters. The van der Waals surface area contributed by atoms with Crippen LogP contribution < -0.4 is 11.2 Å². The SMILES string of the molecule is C#CCO[C@@H]1[C@@H](O)[C@@H](CO)O[C@H]1n1ccc(=O)[nH]c1=O. The maximum atomic E-state index is 11.7. The Balaban J connectivity index is 2.34. The van der Waals surface area contributed by atoms with E-state index in [0.717, 1.165) is 10.6 Å². The van der Waals surface area contributed by atoms with E-state index in [2.05, 4.69) is 10.9 Å². The molecule has 2 rings (SSSR count). The molecular formula is C12H14N2O6. The summed E-state index contributed by atoms with van der Waals surface area (Å²) in [7, 11) is 0. The van der Waals surface area contributed by atoms with Crippen LogP contribution >= 0.6 is 0 Å². The number of hydrogen-bond acceptors (Lipinski definition) is 6. The first kappa shape index (κ1) is 14.5. The van der Waals surface area contributed by atoms with Crippen LogP contribution in [0.1, 0.15) is 6.23 Å². The quantitative estimate of drug-likeness (QED) is 0.540. The first-order valence-corrected chi connectivity index (χ1v) is 5.89. The van der Waals surface area contributed by atoms with Crippen LogP contribution in [-0.4, -0.2) is 51.3 Å². The lowest BCUT2D eigenvalue weighted by Crippen LogP contribution is -2.39. The smallest absolute Gasteiger partial charge is 0.330 e. The summed E-state index contributed by atoms with van der Waals surface area (Å²) < 4.78 is 11.7. The van der Waals surface area contributed by atoms with E-state index in [4.69, 9.17) is 21.0 Å². The Morgan fingerprint density at radius 2 is 2.30 bits per heavy atom. The van der Waals surface area contributed by atoms with Gasteiger partial charge in [-0.3, -0.25) is 14.3 Å². The minimum Gasteiger partial charge on any atom is -0.394 e. The third kappa shape index (κ3) is 2.66. The third-order valence-electron chi connectivity index (χ3n) is 2.98. The Kier molecular flexibility index (Phi) is 4.36. The molecule has 20 heavy (non-hydrogen) atoms. The molecule has 1 aromatic heterocycles. The van der Waals surface area contributed by atoms with Crippen LogP contribution in [0.25, 0.3) is 0 Å². The lowest BCUT2D eigenvalue weighted by Gasteiger charge is -2.21. The van der Waals surface area contributed by atoms with Crippen molar-refractivity contribution in [1.82, 2.24) is 9.55 Å². The van der Waals surface area contributed by atoms with Crippen LogP contribution in [0.3, 0.4) is 0 Å². The Hall–Kier alpha value is -1.92. The van der Waals surface area contributed by atoms with E-state index in [1.165, 1.54) is 6.20 Å². The number of hydrogen-bond donors (Lipinski definition) is 3. The van der Waals surface area contributed by atoms with Crippen molar-refractivity contribution < 1.29 is 19.7 Å². The van der Waals surface area contributed by atoms with E-state index in [0.29, 0.717) is 0 Å². The van der Waals surface area contributed by atoms with Gasteiger partial charge in [0, 0.05) is 12.3 Å². The van der Waals surface area contributed by atoms with Gasteiger partial charge in [0.05, 0.1) is 6.61 Å². The predicted octanol–water partition coefficient (Wildman–Crippen LogP) is -2.19. The van der Waals surface area contributed by atoms with Crippen molar-refractivity contribution in [1.29, 1.82) is 0 Å². The second-order valence-corrected chi connectivity index (χ2v) is 4.24. The number of terminal acetylenes is 1. The fourth-order valence-electron chi connectivity index (χ4n) is 2.05. The maximum absolute atomic E-state index is 11.7. The fraction of sp³-hybridized carbons (Fsp3) is 0.500. The average molecular weight is 282 g/mol. The van der Waals surface area contributed by atoms with Crippen LogP contribution in [0.4, 0.5) is 0 Å². The molecule has 0 spiro atoms. The summed E-state index contributed by atoms with van der Waals surface area (Å²) in [6, 6.07) is 1.14. The summed E-state index contributed by atoms with van der Waals surface area (Å²) in [6.07, 6.45) is 2.36. The monoisotopic (exact) mass is 282 g/mol. The third-order valence-corrected chi connectivity index (χ3v) is 2.98. The first-order valence-electron chi connectivity index (χ1n) is 5.89. The number of aromatic amines is 1. The van der Waals surface area contributed by atoms with Crippen molar-refractivity contribution in [2.75, 3.05) is 13.2 Å². The number of aromatic nitrogens is 2. The van der Waals surface area contributed by atoms with E-state index < -0.39 is 42.4 Å². The molecule has 0 saturated carbocycles. The zero-order valence-corrected chi connectivity index (χ0v) is 10.4. The molecule has 3 N–H and O–H groups in total. The minimum atomic E-state index is -1.14. The molecule has 8 nitrogen and oxygen atoms in total. The zero-order chi connectivity index (χ0) is 14.7. The van der Waals surface area contributed by atoms with E-state index in [9.17, 15) is 14.7 Å². The summed E-state index contributed by atoms with van der Waals surface area (Å²) in [4.78, 5) is 24.8. The van der Waals surface area contributed by atoms with Gasteiger partial charge in [-0.2, -0.15) is 0 Å². The molecule has 1 aliphatic heterocycles. The van der Waals surface area contributed by atoms with E-state index in [1.54, 1.807) is 0 Å². The second kappa shape index (κ2) is 6.02. The Morgan fingerprint density at radius 1 is 1.55 bits per heavy atom. The topological polar surface area (TPSA) is 114 Å². The first-order chi connectivity index (χ1) is 9.58. The van der Waals surface area contributed by atoms with Gasteiger partial charge in [0.1, 0.15) is 24.9 Å². The standard InChI is InChI=1S/C12H14N2O6/c1-2-5-19-10-9(17)7(6-15)20-11(10)14-4-3-8(16)13-12(14)18/h1,3-4,7,9-11,15,17H,5-6H2,(H,13,16,18)/t7-,9+,10-,11-/m1/s1. The summed E-state index contributed by atoms with van der Waals surface area (Å²) in [6.45, 7) is -0.524. The lowest BCUT2D eigenvalue weighted by molar-refractivity contribution is -0.0677. The molecule has 0 aliphatic carbocycles. The van der Waals surface area contributed by atoms with Gasteiger partial charge >= 0.3 is 5.69 Å². The van der Waals surface area contributed by atoms with E-state index in [1.807, 2.05) is 0 Å². The fourth-order valence-corrected chi connectivity index (χ4v) is 2.05. The summed E-state index contributed by atoms with van der Waals surface area (Å²) in [5.74, 6) is 2.25. The van der Waals surface area contributed by atoms with Gasteiger partial charge in [-0.15, -0.1) is 6.42 Å². The van der Waals surface area contributed by atoms with Gasteiger partial charge in [-0.1, -0.05) is 5.92 Å². The summed E-state index contributed by atoms with van der Waals surface area (Å²) in [5, 5.41) is 19.1. The number of aliphatic hydroxyl groups excluding tert-OH is 2. The summed E-state index contributed by atoms with van der Waals surface area (Å²) >= 11 is 0. The largest absolute Gasteiger partial charge is 0.394 e. The number of nitrogens with one attached hydrogen (secondary N) is 1. The predicted molar refractivity (Wildman–Crippen MR) is 66.9 cm³/mol. The van der Waals surface area contributed by atoms with Crippen LogP contribution in [-0.2, 0) is 9.47 Å². The second-order valence-electron chi connectivity index (χ2n) is 4.24. The van der Waals surface area contributed by atoms with Crippen LogP contribution in [0.15, 0.2) is 21.9 Å². The summed E-state index contributed by atoms with van der Waals surface area (Å²) in [5.41, 5.74) is -1.26. The minimum absolute atomic E-state index is 0.0855. The van der Waals surface area contributed by atoms with Gasteiger partial charge in [0.25, 0.3) is 5.56 Å². The molecule has 1 saturated heterocycles. The van der Waals surface area contributed by atoms with Gasteiger partial charge < -0.3 is 19.7 Å². The van der Waals surface area contributed by atoms with Crippen molar-refractivity contribution in [3.8, 4) is 12.3 Å². The number of rotatable bonds is 4. The van der Waals surface area contributed by atoms with Gasteiger partial charge in [-0.05, 0) is 0 Å². The van der Waals surface area contributed by atoms with Crippen molar-refractivity contribution in [3.63, 3.8) is 0 Å². The van der Waals surface area contributed by atoms with Crippen LogP contribution in [0, 0.1) is 12.3 Å². The van der Waals surface area contributed by atoms with Crippen LogP contribution in [0.2, 0.25) is 0 Å². The zero-order valence-electron chi connectivity index (χ0n) is 10.4. The van der Waals surface area contributed by atoms with Gasteiger partial charge in [0.15, 0.2) is 6.23 Å². The van der Waals surface area contributed by atoms with E-state index in [-0.39, 0.29) is 6.61 Å². The lowest BCUT2D eigenvalue weighted by atomic mass is 10.1. The molecule has 0 bridgehead atoms. The number of nitrogens with zero attached hydrogens (tertiary/aromatic N) is 1. The highest BCUT2D eigenvalue weighted by molar-refractivity contribution is 4.95. The molecule has 2 heterocycles. The molecule has 0 amide bonds. The highest BCUT2D eigenvalue weighted by Gasteiger charge is 2.45. The molecule has 0 unspecified atom stereocenters. The van der Waals surface area contributed by atoms with Crippen molar-refractivity contribution in [2.45, 2.75) is 24.5 Å². The molecule has 1 aromatic rings. The molecule has 108 valence electrons. The van der Waals surface area contributed by atoms with Crippen molar-refractivity contribution >= 4 is 0 Å². The van der Waals surface area contributed by atoms with Crippen LogP contribution in [0.5, 0.6) is 0 Å². The van der Waals surface area contributed by atoms with Crippen molar-refractivity contribution in [3.05, 3.63) is 33.1 Å². The number of H-pyrrole nitrogens is 1. The highest BCUT2D eigenvalue weighted by Crippen LogP contribution is 2.30. The maximum Gasteiger partial charge on any atom is 0.330 e. The number of aliphatic hydroxyl groups is 2. The normalized spacial score (nSPS) is 29.2. The molecule has 0 radical (unpaired) electrons. The van der Waals surface area contributed by atoms with Gasteiger partial charge in [-0.25, -0.2) is 4.79 Å². The Bertz CT molecular complexity index is 615. The Morgan fingerprint density at radius 3 is 2.90 bits per heavy atom. The highest BCUT2D eigenvalue weighted by atomic mass is 16.6.